The predicted octanol–water partition coefficient (Wildman–Crippen LogP) is 11.1. The van der Waals surface area contributed by atoms with E-state index in [4.69, 9.17) is 9.90 Å². The molecule has 0 amide bonds. The lowest BCUT2D eigenvalue weighted by molar-refractivity contribution is 0.569. The summed E-state index contributed by atoms with van der Waals surface area (Å²) in [6, 6.07) is 16.9. The molecule has 1 nitrogen and oxygen atoms in total. The molecule has 1 heterocycles. The molecular weight excluding hydrogens is 460 g/mol. The molecule has 0 fully saturated rings. The highest BCUT2D eigenvalue weighted by atomic mass is 16.3. The van der Waals surface area contributed by atoms with E-state index in [1.54, 1.807) is 6.92 Å². The second kappa shape index (κ2) is 8.87. The molecule has 5 rings (SSSR count). The van der Waals surface area contributed by atoms with Crippen LogP contribution in [-0.4, -0.2) is 0 Å². The van der Waals surface area contributed by atoms with Gasteiger partial charge in [-0.3, -0.25) is 0 Å². The fourth-order valence-electron chi connectivity index (χ4n) is 5.36. The molecule has 4 aromatic carbocycles. The Hall–Kier alpha value is -3.32. The summed E-state index contributed by atoms with van der Waals surface area (Å²) in [5, 5.41) is 1.99. The van der Waals surface area contributed by atoms with Crippen LogP contribution in [0, 0.1) is 6.92 Å². The molecule has 0 radical (unpaired) electrons. The van der Waals surface area contributed by atoms with Crippen molar-refractivity contribution in [3.63, 3.8) is 0 Å². The summed E-state index contributed by atoms with van der Waals surface area (Å²) >= 11 is 0. The number of rotatable bonds is 2. The van der Waals surface area contributed by atoms with Crippen molar-refractivity contribution >= 4 is 21.9 Å². The molecular formula is C37H42O. The SMILES string of the molecule is [2H]c1c([2H])c(C)c([2H])c(-c2ccc3oc4cccc(-c5cc(C(C)(C)C)cc(C(C)(C)C)c5)c4c3c2C(C)(C)C)c1[2H]. The van der Waals surface area contributed by atoms with Gasteiger partial charge in [-0.15, -0.1) is 0 Å². The van der Waals surface area contributed by atoms with E-state index in [0.717, 1.165) is 44.2 Å². The van der Waals surface area contributed by atoms with Gasteiger partial charge in [0.1, 0.15) is 11.2 Å². The standard InChI is InChI=1S/C37H42O/c1-23-13-11-14-24(19-23)29-17-18-31-33(34(29)37(8,9)10)32-28(15-12-16-30(32)38-31)25-20-26(35(2,3)4)22-27(21-25)36(5,6)7/h11-22H,1-10H3/i11D,13D,14D,19D. The minimum atomic E-state index is -0.378. The molecule has 1 heteroatoms. The lowest BCUT2D eigenvalue weighted by Crippen LogP contribution is -2.16. The minimum Gasteiger partial charge on any atom is -0.456 e. The van der Waals surface area contributed by atoms with Gasteiger partial charge in [-0.25, -0.2) is 0 Å². The number of benzene rings is 4. The summed E-state index contributed by atoms with van der Waals surface area (Å²) in [4.78, 5) is 0. The quantitative estimate of drug-likeness (QED) is 0.232. The first-order chi connectivity index (χ1) is 19.3. The largest absolute Gasteiger partial charge is 0.456 e. The van der Waals surface area contributed by atoms with Crippen molar-refractivity contribution in [3.05, 3.63) is 95.0 Å². The second-order valence-corrected chi connectivity index (χ2v) is 13.7. The van der Waals surface area contributed by atoms with Crippen LogP contribution < -0.4 is 0 Å². The average molecular weight is 507 g/mol. The van der Waals surface area contributed by atoms with Gasteiger partial charge in [0.15, 0.2) is 0 Å². The molecule has 0 bridgehead atoms. The van der Waals surface area contributed by atoms with Gasteiger partial charge in [-0.1, -0.05) is 128 Å². The zero-order valence-electron chi connectivity index (χ0n) is 28.5. The molecule has 0 saturated heterocycles. The van der Waals surface area contributed by atoms with Crippen molar-refractivity contribution in [2.24, 2.45) is 0 Å². The van der Waals surface area contributed by atoms with Crippen molar-refractivity contribution in [1.29, 1.82) is 0 Å². The predicted molar refractivity (Wildman–Crippen MR) is 165 cm³/mol. The van der Waals surface area contributed by atoms with Crippen LogP contribution in [0.4, 0.5) is 0 Å². The normalized spacial score (nSPS) is 14.5. The summed E-state index contributed by atoms with van der Waals surface area (Å²) in [5.74, 6) is 0. The first-order valence-corrected chi connectivity index (χ1v) is 13.5. The van der Waals surface area contributed by atoms with Gasteiger partial charge >= 0.3 is 0 Å². The van der Waals surface area contributed by atoms with Crippen LogP contribution in [0.15, 0.2) is 77.1 Å². The van der Waals surface area contributed by atoms with Gasteiger partial charge in [0, 0.05) is 10.8 Å². The van der Waals surface area contributed by atoms with Gasteiger partial charge in [0.2, 0.25) is 0 Å². The first kappa shape index (κ1) is 21.6. The van der Waals surface area contributed by atoms with Crippen molar-refractivity contribution in [1.82, 2.24) is 0 Å². The lowest BCUT2D eigenvalue weighted by atomic mass is 9.77. The molecule has 1 aromatic heterocycles. The van der Waals surface area contributed by atoms with Crippen molar-refractivity contribution in [3.8, 4) is 22.3 Å². The number of fused-ring (bicyclic) bond motifs is 3. The van der Waals surface area contributed by atoms with Crippen LogP contribution in [0.2, 0.25) is 0 Å². The Morgan fingerprint density at radius 2 is 1.26 bits per heavy atom. The van der Waals surface area contributed by atoms with E-state index < -0.39 is 0 Å². The molecule has 0 atom stereocenters. The van der Waals surface area contributed by atoms with E-state index in [0.29, 0.717) is 11.1 Å². The Labute approximate surface area is 234 Å². The van der Waals surface area contributed by atoms with Crippen molar-refractivity contribution < 1.29 is 9.90 Å². The van der Waals surface area contributed by atoms with Gasteiger partial charge in [0.05, 0.1) is 5.48 Å². The summed E-state index contributed by atoms with van der Waals surface area (Å²) in [6.07, 6.45) is 0. The molecule has 0 aliphatic rings. The fourth-order valence-corrected chi connectivity index (χ4v) is 5.36. The topological polar surface area (TPSA) is 13.1 Å². The van der Waals surface area contributed by atoms with Gasteiger partial charge in [-0.2, -0.15) is 0 Å². The second-order valence-electron chi connectivity index (χ2n) is 13.7. The molecule has 196 valence electrons. The van der Waals surface area contributed by atoms with Crippen LogP contribution in [0.5, 0.6) is 0 Å². The van der Waals surface area contributed by atoms with E-state index in [2.05, 4.69) is 86.6 Å². The van der Waals surface area contributed by atoms with E-state index in [9.17, 15) is 0 Å². The zero-order chi connectivity index (χ0) is 31.1. The van der Waals surface area contributed by atoms with Crippen molar-refractivity contribution in [2.75, 3.05) is 0 Å². The third-order valence-electron chi connectivity index (χ3n) is 7.41. The summed E-state index contributed by atoms with van der Waals surface area (Å²) < 4.78 is 41.0. The van der Waals surface area contributed by atoms with E-state index in [1.807, 2.05) is 24.3 Å². The third kappa shape index (κ3) is 4.68. The fraction of sp³-hybridized carbons (Fsp3) is 0.351. The highest BCUT2D eigenvalue weighted by Crippen LogP contribution is 2.46. The maximum Gasteiger partial charge on any atom is 0.136 e. The van der Waals surface area contributed by atoms with Crippen molar-refractivity contribution in [2.45, 2.75) is 85.5 Å². The summed E-state index contributed by atoms with van der Waals surface area (Å²) in [6.45, 7) is 21.6. The highest BCUT2D eigenvalue weighted by molar-refractivity contribution is 6.15. The van der Waals surface area contributed by atoms with E-state index in [-0.39, 0.29) is 40.4 Å². The van der Waals surface area contributed by atoms with Crippen LogP contribution >= 0.6 is 0 Å². The number of hydrogen-bond acceptors (Lipinski definition) is 1. The Kier molecular flexibility index (Phi) is 5.04. The molecule has 0 spiro atoms. The lowest BCUT2D eigenvalue weighted by Gasteiger charge is -2.27. The minimum absolute atomic E-state index is 0.0308. The Morgan fingerprint density at radius 3 is 1.87 bits per heavy atom. The number of furan rings is 1. The molecule has 0 aliphatic carbocycles. The van der Waals surface area contributed by atoms with Crippen LogP contribution in [0.3, 0.4) is 0 Å². The maximum absolute atomic E-state index is 8.94. The smallest absolute Gasteiger partial charge is 0.136 e. The Morgan fingerprint density at radius 1 is 0.632 bits per heavy atom. The average Bonchev–Trinajstić information content (AvgIpc) is 3.27. The molecule has 0 N–H and O–H groups in total. The maximum atomic E-state index is 8.94. The summed E-state index contributed by atoms with van der Waals surface area (Å²) in [5.41, 5.74) is 8.42. The molecule has 0 aliphatic heterocycles. The molecule has 0 unspecified atom stereocenters. The monoisotopic (exact) mass is 506 g/mol. The van der Waals surface area contributed by atoms with E-state index >= 15 is 0 Å². The first-order valence-electron chi connectivity index (χ1n) is 15.5. The summed E-state index contributed by atoms with van der Waals surface area (Å²) in [7, 11) is 0. The molecule has 0 saturated carbocycles. The zero-order valence-corrected chi connectivity index (χ0v) is 24.5. The Bertz CT molecular complexity index is 1810. The van der Waals surface area contributed by atoms with E-state index in [1.165, 1.54) is 11.1 Å². The van der Waals surface area contributed by atoms with Crippen LogP contribution in [-0.2, 0) is 16.2 Å². The van der Waals surface area contributed by atoms with Crippen LogP contribution in [0.1, 0.15) is 90.1 Å². The number of hydrogen-bond donors (Lipinski definition) is 0. The van der Waals surface area contributed by atoms with Gasteiger partial charge in [-0.05, 0) is 74.2 Å². The van der Waals surface area contributed by atoms with Crippen LogP contribution in [0.25, 0.3) is 44.2 Å². The molecule has 5 aromatic rings. The van der Waals surface area contributed by atoms with Gasteiger partial charge < -0.3 is 4.42 Å². The highest BCUT2D eigenvalue weighted by Gasteiger charge is 2.27. The van der Waals surface area contributed by atoms with Gasteiger partial charge in [0.25, 0.3) is 0 Å². The Balaban J connectivity index is 1.97. The molecule has 38 heavy (non-hydrogen) atoms. The third-order valence-corrected chi connectivity index (χ3v) is 7.41.